The van der Waals surface area contributed by atoms with Crippen molar-refractivity contribution >= 4 is 28.8 Å². The minimum absolute atomic E-state index is 0.0365. The van der Waals surface area contributed by atoms with Gasteiger partial charge in [-0.2, -0.15) is 0 Å². The second-order valence-corrected chi connectivity index (χ2v) is 6.43. The topological polar surface area (TPSA) is 53.2 Å². The van der Waals surface area contributed by atoms with E-state index in [1.807, 2.05) is 41.8 Å². The minimum Gasteiger partial charge on any atom is -0.351 e. The van der Waals surface area contributed by atoms with E-state index in [1.54, 1.807) is 11.3 Å². The van der Waals surface area contributed by atoms with Gasteiger partial charge >= 0.3 is 0 Å². The average Bonchev–Trinajstić information content (AvgIpc) is 3.17. The number of hydrazine groups is 1. The zero-order valence-electron chi connectivity index (χ0n) is 11.3. The Morgan fingerprint density at radius 1 is 1.33 bits per heavy atom. The maximum Gasteiger partial charge on any atom is 0.226 e. The molecule has 0 spiro atoms. The fourth-order valence-electron chi connectivity index (χ4n) is 2.45. The molecule has 0 bridgehead atoms. The van der Waals surface area contributed by atoms with Crippen molar-refractivity contribution in [3.8, 4) is 0 Å². The highest BCUT2D eigenvalue weighted by atomic mass is 35.5. The maximum atomic E-state index is 12.4. The van der Waals surface area contributed by atoms with Crippen molar-refractivity contribution in [2.75, 3.05) is 6.54 Å². The molecule has 3 rings (SSSR count). The van der Waals surface area contributed by atoms with Crippen LogP contribution in [0.2, 0.25) is 5.02 Å². The summed E-state index contributed by atoms with van der Waals surface area (Å²) in [6.07, 6.45) is 0. The van der Waals surface area contributed by atoms with E-state index in [0.29, 0.717) is 18.1 Å². The number of halogens is 1. The van der Waals surface area contributed by atoms with Crippen molar-refractivity contribution in [2.24, 2.45) is 5.92 Å². The molecule has 1 fully saturated rings. The molecule has 0 radical (unpaired) electrons. The summed E-state index contributed by atoms with van der Waals surface area (Å²) in [5, 5.41) is 5.71. The van der Waals surface area contributed by atoms with E-state index < -0.39 is 0 Å². The van der Waals surface area contributed by atoms with Gasteiger partial charge in [-0.05, 0) is 29.1 Å². The first-order valence-corrected chi connectivity index (χ1v) is 8.04. The Bertz CT molecular complexity index is 600. The third-order valence-electron chi connectivity index (χ3n) is 3.56. The Kier molecular flexibility index (Phi) is 4.55. The summed E-state index contributed by atoms with van der Waals surface area (Å²) in [6, 6.07) is 11.6. The smallest absolute Gasteiger partial charge is 0.226 e. The van der Waals surface area contributed by atoms with E-state index in [-0.39, 0.29) is 17.9 Å². The first-order valence-electron chi connectivity index (χ1n) is 6.78. The van der Waals surface area contributed by atoms with E-state index in [2.05, 4.69) is 16.2 Å². The molecule has 0 saturated carbocycles. The second kappa shape index (κ2) is 6.58. The van der Waals surface area contributed by atoms with E-state index in [9.17, 15) is 4.79 Å². The molecule has 1 aromatic carbocycles. The van der Waals surface area contributed by atoms with Gasteiger partial charge in [0.15, 0.2) is 0 Å². The first-order chi connectivity index (χ1) is 10.2. The molecule has 2 heterocycles. The Morgan fingerprint density at radius 2 is 2.14 bits per heavy atom. The van der Waals surface area contributed by atoms with Gasteiger partial charge in [-0.25, -0.2) is 5.43 Å². The Hall–Kier alpha value is -1.40. The molecule has 110 valence electrons. The molecule has 3 N–H and O–H groups in total. The molecule has 1 aromatic heterocycles. The summed E-state index contributed by atoms with van der Waals surface area (Å²) in [5.41, 5.74) is 7.29. The van der Waals surface area contributed by atoms with Gasteiger partial charge in [0.25, 0.3) is 0 Å². The van der Waals surface area contributed by atoms with Crippen molar-refractivity contribution in [3.05, 3.63) is 57.2 Å². The molecule has 2 atom stereocenters. The summed E-state index contributed by atoms with van der Waals surface area (Å²) in [4.78, 5) is 13.5. The van der Waals surface area contributed by atoms with Gasteiger partial charge in [0.1, 0.15) is 0 Å². The van der Waals surface area contributed by atoms with Gasteiger partial charge in [0.2, 0.25) is 5.91 Å². The van der Waals surface area contributed by atoms with E-state index in [1.165, 1.54) is 0 Å². The van der Waals surface area contributed by atoms with Crippen molar-refractivity contribution in [1.29, 1.82) is 0 Å². The van der Waals surface area contributed by atoms with Gasteiger partial charge in [0.05, 0.1) is 18.5 Å². The number of amides is 1. The zero-order chi connectivity index (χ0) is 14.7. The van der Waals surface area contributed by atoms with Crippen molar-refractivity contribution in [1.82, 2.24) is 16.2 Å². The summed E-state index contributed by atoms with van der Waals surface area (Å²) in [6.45, 7) is 1.20. The molecular weight excluding hydrogens is 306 g/mol. The Balaban J connectivity index is 1.65. The summed E-state index contributed by atoms with van der Waals surface area (Å²) in [5.74, 6) is -0.0769. The van der Waals surface area contributed by atoms with Gasteiger partial charge in [-0.1, -0.05) is 29.8 Å². The van der Waals surface area contributed by atoms with Crippen LogP contribution in [0.5, 0.6) is 0 Å². The summed E-state index contributed by atoms with van der Waals surface area (Å²) >= 11 is 7.56. The number of nitrogens with one attached hydrogen (secondary N) is 3. The van der Waals surface area contributed by atoms with E-state index in [4.69, 9.17) is 11.6 Å². The lowest BCUT2D eigenvalue weighted by Gasteiger charge is -2.18. The molecule has 1 amide bonds. The molecule has 21 heavy (non-hydrogen) atoms. The number of rotatable bonds is 4. The quantitative estimate of drug-likeness (QED) is 0.811. The number of hydrogen-bond donors (Lipinski definition) is 3. The van der Waals surface area contributed by atoms with Crippen LogP contribution in [0.15, 0.2) is 41.8 Å². The largest absolute Gasteiger partial charge is 0.351 e. The van der Waals surface area contributed by atoms with Crippen LogP contribution >= 0.6 is 22.9 Å². The number of carbonyl (C=O) groups is 1. The standard InChI is InChI=1S/C15H16ClN3OS/c16-11-5-3-10(4-6-11)14-13(9-18-19-14)15(20)17-8-12-2-1-7-21-12/h1-7,13-14,18-19H,8-9H2,(H,17,20). The predicted molar refractivity (Wildman–Crippen MR) is 85.0 cm³/mol. The number of carbonyl (C=O) groups excluding carboxylic acids is 1. The molecule has 0 aliphatic carbocycles. The molecule has 1 aliphatic rings. The highest BCUT2D eigenvalue weighted by Crippen LogP contribution is 2.26. The first kappa shape index (κ1) is 14.5. The molecule has 2 aromatic rings. The normalized spacial score (nSPS) is 21.4. The molecule has 1 saturated heterocycles. The Morgan fingerprint density at radius 3 is 2.86 bits per heavy atom. The van der Waals surface area contributed by atoms with E-state index >= 15 is 0 Å². The van der Waals surface area contributed by atoms with Crippen LogP contribution in [0.4, 0.5) is 0 Å². The summed E-state index contributed by atoms with van der Waals surface area (Å²) in [7, 11) is 0. The van der Waals surface area contributed by atoms with Crippen LogP contribution < -0.4 is 16.2 Å². The lowest BCUT2D eigenvalue weighted by Crippen LogP contribution is -2.34. The van der Waals surface area contributed by atoms with Crippen LogP contribution in [0, 0.1) is 5.92 Å². The number of hydrogen-bond acceptors (Lipinski definition) is 4. The zero-order valence-corrected chi connectivity index (χ0v) is 12.9. The van der Waals surface area contributed by atoms with Crippen LogP contribution in [-0.2, 0) is 11.3 Å². The number of thiophene rings is 1. The molecule has 4 nitrogen and oxygen atoms in total. The fraction of sp³-hybridized carbons (Fsp3) is 0.267. The highest BCUT2D eigenvalue weighted by molar-refractivity contribution is 7.09. The van der Waals surface area contributed by atoms with Crippen molar-refractivity contribution < 1.29 is 4.79 Å². The van der Waals surface area contributed by atoms with Crippen LogP contribution in [0.3, 0.4) is 0 Å². The summed E-state index contributed by atoms with van der Waals surface area (Å²) < 4.78 is 0. The van der Waals surface area contributed by atoms with Crippen LogP contribution in [-0.4, -0.2) is 12.5 Å². The second-order valence-electron chi connectivity index (χ2n) is 4.96. The van der Waals surface area contributed by atoms with Gasteiger partial charge < -0.3 is 5.32 Å². The van der Waals surface area contributed by atoms with Crippen molar-refractivity contribution in [3.63, 3.8) is 0 Å². The molecule has 2 unspecified atom stereocenters. The van der Waals surface area contributed by atoms with Crippen LogP contribution in [0.25, 0.3) is 0 Å². The van der Waals surface area contributed by atoms with Gasteiger partial charge in [-0.15, -0.1) is 11.3 Å². The monoisotopic (exact) mass is 321 g/mol. The Labute approximate surface area is 132 Å². The third-order valence-corrected chi connectivity index (χ3v) is 4.69. The maximum absolute atomic E-state index is 12.4. The van der Waals surface area contributed by atoms with Crippen molar-refractivity contribution in [2.45, 2.75) is 12.6 Å². The third kappa shape index (κ3) is 3.44. The van der Waals surface area contributed by atoms with Gasteiger partial charge in [0, 0.05) is 16.4 Å². The molecule has 1 aliphatic heterocycles. The van der Waals surface area contributed by atoms with E-state index in [0.717, 1.165) is 10.4 Å². The fourth-order valence-corrected chi connectivity index (χ4v) is 3.22. The predicted octanol–water partition coefficient (Wildman–Crippen LogP) is 2.48. The van der Waals surface area contributed by atoms with Crippen LogP contribution in [0.1, 0.15) is 16.5 Å². The molecule has 6 heteroatoms. The SMILES string of the molecule is O=C(NCc1cccs1)C1CNNC1c1ccc(Cl)cc1. The average molecular weight is 322 g/mol. The minimum atomic E-state index is -0.133. The molecular formula is C15H16ClN3OS. The lowest BCUT2D eigenvalue weighted by molar-refractivity contribution is -0.125. The highest BCUT2D eigenvalue weighted by Gasteiger charge is 2.33. The van der Waals surface area contributed by atoms with Gasteiger partial charge in [-0.3, -0.25) is 10.2 Å². The lowest BCUT2D eigenvalue weighted by atomic mass is 9.94. The number of benzene rings is 1.